The molecule has 2 aromatic carbocycles. The Hall–Kier alpha value is -2.47. The Balaban J connectivity index is 1.76. The van der Waals surface area contributed by atoms with Gasteiger partial charge in [0.2, 0.25) is 0 Å². The molecule has 0 atom stereocenters. The van der Waals surface area contributed by atoms with Crippen molar-refractivity contribution >= 4 is 0 Å². The first-order chi connectivity index (χ1) is 9.28. The molecule has 2 aromatic rings. The molecule has 96 valence electrons. The molecule has 3 nitrogen and oxygen atoms in total. The normalized spacial score (nSPS) is 9.68. The fourth-order valence-corrected chi connectivity index (χ4v) is 1.65. The Kier molecular flexibility index (Phi) is 4.41. The minimum Gasteiger partial charge on any atom is -0.490 e. The number of hydrogen-bond acceptors (Lipinski definition) is 3. The predicted octanol–water partition coefficient (Wildman–Crippen LogP) is 3.32. The van der Waals surface area contributed by atoms with Gasteiger partial charge in [-0.05, 0) is 48.9 Å². The maximum atomic E-state index is 8.68. The maximum absolute atomic E-state index is 8.68. The molecule has 19 heavy (non-hydrogen) atoms. The zero-order chi connectivity index (χ0) is 13.5. The SMILES string of the molecule is Cc1cccc(OCCOc2ccc(C#N)cc2)c1. The molecular formula is C16H15NO2. The summed E-state index contributed by atoms with van der Waals surface area (Å²) in [6.45, 7) is 2.99. The van der Waals surface area contributed by atoms with Crippen molar-refractivity contribution in [2.24, 2.45) is 0 Å². The Labute approximate surface area is 113 Å². The number of nitrogens with zero attached hydrogens (tertiary/aromatic N) is 1. The average Bonchev–Trinajstić information content (AvgIpc) is 2.44. The van der Waals surface area contributed by atoms with Crippen LogP contribution in [0.15, 0.2) is 48.5 Å². The summed E-state index contributed by atoms with van der Waals surface area (Å²) in [6.07, 6.45) is 0. The second-order valence-corrected chi connectivity index (χ2v) is 4.15. The van der Waals surface area contributed by atoms with Crippen molar-refractivity contribution in [2.45, 2.75) is 6.92 Å². The number of rotatable bonds is 5. The van der Waals surface area contributed by atoms with Crippen LogP contribution in [-0.2, 0) is 0 Å². The minimum absolute atomic E-state index is 0.472. The Morgan fingerprint density at radius 3 is 2.26 bits per heavy atom. The van der Waals surface area contributed by atoms with E-state index in [1.165, 1.54) is 5.56 Å². The van der Waals surface area contributed by atoms with Gasteiger partial charge in [0.05, 0.1) is 11.6 Å². The lowest BCUT2D eigenvalue weighted by atomic mass is 10.2. The first-order valence-corrected chi connectivity index (χ1v) is 6.10. The molecule has 0 aliphatic carbocycles. The highest BCUT2D eigenvalue weighted by Gasteiger charge is 1.96. The lowest BCUT2D eigenvalue weighted by molar-refractivity contribution is 0.217. The molecule has 0 N–H and O–H groups in total. The molecule has 0 fully saturated rings. The van der Waals surface area contributed by atoms with Gasteiger partial charge in [0.1, 0.15) is 24.7 Å². The van der Waals surface area contributed by atoms with E-state index < -0.39 is 0 Å². The second-order valence-electron chi connectivity index (χ2n) is 4.15. The van der Waals surface area contributed by atoms with Gasteiger partial charge in [-0.1, -0.05) is 12.1 Å². The summed E-state index contributed by atoms with van der Waals surface area (Å²) >= 11 is 0. The summed E-state index contributed by atoms with van der Waals surface area (Å²) < 4.78 is 11.1. The number of nitriles is 1. The van der Waals surface area contributed by atoms with Crippen LogP contribution in [0.1, 0.15) is 11.1 Å². The van der Waals surface area contributed by atoms with Gasteiger partial charge in [-0.15, -0.1) is 0 Å². The highest BCUT2D eigenvalue weighted by molar-refractivity contribution is 5.34. The number of aryl methyl sites for hydroxylation is 1. The third-order valence-corrected chi connectivity index (χ3v) is 2.59. The van der Waals surface area contributed by atoms with Gasteiger partial charge in [-0.3, -0.25) is 0 Å². The van der Waals surface area contributed by atoms with Crippen molar-refractivity contribution in [1.29, 1.82) is 5.26 Å². The monoisotopic (exact) mass is 253 g/mol. The van der Waals surface area contributed by atoms with E-state index in [1.54, 1.807) is 24.3 Å². The average molecular weight is 253 g/mol. The van der Waals surface area contributed by atoms with Gasteiger partial charge < -0.3 is 9.47 Å². The Morgan fingerprint density at radius 2 is 1.63 bits per heavy atom. The van der Waals surface area contributed by atoms with Crippen LogP contribution >= 0.6 is 0 Å². The molecule has 0 heterocycles. The molecule has 0 radical (unpaired) electrons. The van der Waals surface area contributed by atoms with Gasteiger partial charge in [0, 0.05) is 0 Å². The van der Waals surface area contributed by atoms with Crippen molar-refractivity contribution < 1.29 is 9.47 Å². The van der Waals surface area contributed by atoms with Crippen LogP contribution in [0, 0.1) is 18.3 Å². The molecule has 0 spiro atoms. The quantitative estimate of drug-likeness (QED) is 0.767. The second kappa shape index (κ2) is 6.46. The fraction of sp³-hybridized carbons (Fsp3) is 0.188. The highest BCUT2D eigenvalue weighted by Crippen LogP contribution is 2.13. The van der Waals surface area contributed by atoms with Crippen molar-refractivity contribution in [2.75, 3.05) is 13.2 Å². The molecule has 2 rings (SSSR count). The van der Waals surface area contributed by atoms with Gasteiger partial charge in [0.25, 0.3) is 0 Å². The zero-order valence-electron chi connectivity index (χ0n) is 10.8. The summed E-state index contributed by atoms with van der Waals surface area (Å²) in [5, 5.41) is 8.68. The smallest absolute Gasteiger partial charge is 0.122 e. The summed E-state index contributed by atoms with van der Waals surface area (Å²) in [4.78, 5) is 0. The number of hydrogen-bond donors (Lipinski definition) is 0. The van der Waals surface area contributed by atoms with Crippen LogP contribution in [0.4, 0.5) is 0 Å². The third kappa shape index (κ3) is 4.04. The lowest BCUT2D eigenvalue weighted by Crippen LogP contribution is -2.08. The van der Waals surface area contributed by atoms with Crippen LogP contribution in [-0.4, -0.2) is 13.2 Å². The van der Waals surface area contributed by atoms with Crippen molar-refractivity contribution in [3.8, 4) is 17.6 Å². The van der Waals surface area contributed by atoms with E-state index in [2.05, 4.69) is 6.07 Å². The molecule has 0 aromatic heterocycles. The van der Waals surface area contributed by atoms with Crippen molar-refractivity contribution in [1.82, 2.24) is 0 Å². The summed E-state index contributed by atoms with van der Waals surface area (Å²) in [7, 11) is 0. The first-order valence-electron chi connectivity index (χ1n) is 6.10. The van der Waals surface area contributed by atoms with E-state index in [0.29, 0.717) is 18.8 Å². The van der Waals surface area contributed by atoms with Crippen LogP contribution in [0.2, 0.25) is 0 Å². The first kappa shape index (κ1) is 13.0. The lowest BCUT2D eigenvalue weighted by Gasteiger charge is -2.08. The summed E-state index contributed by atoms with van der Waals surface area (Å²) in [5.41, 5.74) is 1.80. The molecule has 0 aliphatic heterocycles. The molecule has 0 amide bonds. The maximum Gasteiger partial charge on any atom is 0.122 e. The molecular weight excluding hydrogens is 238 g/mol. The van der Waals surface area contributed by atoms with Gasteiger partial charge in [-0.25, -0.2) is 0 Å². The van der Waals surface area contributed by atoms with Gasteiger partial charge >= 0.3 is 0 Å². The van der Waals surface area contributed by atoms with Gasteiger partial charge in [0.15, 0.2) is 0 Å². The fourth-order valence-electron chi connectivity index (χ4n) is 1.65. The van der Waals surface area contributed by atoms with E-state index in [-0.39, 0.29) is 0 Å². The molecule has 0 saturated carbocycles. The zero-order valence-corrected chi connectivity index (χ0v) is 10.8. The van der Waals surface area contributed by atoms with Crippen LogP contribution in [0.5, 0.6) is 11.5 Å². The van der Waals surface area contributed by atoms with E-state index in [1.807, 2.05) is 31.2 Å². The van der Waals surface area contributed by atoms with E-state index >= 15 is 0 Å². The van der Waals surface area contributed by atoms with E-state index in [4.69, 9.17) is 14.7 Å². The number of ether oxygens (including phenoxy) is 2. The third-order valence-electron chi connectivity index (χ3n) is 2.59. The number of benzene rings is 2. The Morgan fingerprint density at radius 1 is 0.947 bits per heavy atom. The highest BCUT2D eigenvalue weighted by atomic mass is 16.5. The van der Waals surface area contributed by atoms with E-state index in [9.17, 15) is 0 Å². The van der Waals surface area contributed by atoms with E-state index in [0.717, 1.165) is 11.5 Å². The predicted molar refractivity (Wildman–Crippen MR) is 73.3 cm³/mol. The topological polar surface area (TPSA) is 42.2 Å². The largest absolute Gasteiger partial charge is 0.490 e. The molecule has 0 bridgehead atoms. The molecule has 0 unspecified atom stereocenters. The Bertz CT molecular complexity index is 570. The minimum atomic E-state index is 0.472. The molecule has 0 aliphatic rings. The van der Waals surface area contributed by atoms with Crippen LogP contribution < -0.4 is 9.47 Å². The van der Waals surface area contributed by atoms with Crippen molar-refractivity contribution in [3.63, 3.8) is 0 Å². The van der Waals surface area contributed by atoms with Crippen LogP contribution in [0.25, 0.3) is 0 Å². The summed E-state index contributed by atoms with van der Waals surface area (Å²) in [5.74, 6) is 1.59. The van der Waals surface area contributed by atoms with Crippen molar-refractivity contribution in [3.05, 3.63) is 59.7 Å². The molecule has 0 saturated heterocycles. The molecule has 3 heteroatoms. The van der Waals surface area contributed by atoms with Gasteiger partial charge in [-0.2, -0.15) is 5.26 Å². The standard InChI is InChI=1S/C16H15NO2/c1-13-3-2-4-16(11-13)19-10-9-18-15-7-5-14(12-17)6-8-15/h2-8,11H,9-10H2,1H3. The van der Waals surface area contributed by atoms with Crippen LogP contribution in [0.3, 0.4) is 0 Å². The summed E-state index contributed by atoms with van der Waals surface area (Å²) in [6, 6.07) is 17.0.